The van der Waals surface area contributed by atoms with Crippen LogP contribution in [0.3, 0.4) is 0 Å². The Morgan fingerprint density at radius 3 is 2.02 bits per heavy atom. The minimum atomic E-state index is 0.763. The second kappa shape index (κ2) is 11.0. The van der Waals surface area contributed by atoms with E-state index in [9.17, 15) is 0 Å². The van der Waals surface area contributed by atoms with Crippen LogP contribution in [-0.4, -0.2) is 28.9 Å². The van der Waals surface area contributed by atoms with Crippen LogP contribution in [-0.2, 0) is 0 Å². The summed E-state index contributed by atoms with van der Waals surface area (Å²) in [7, 11) is 0. The molecule has 250 valence electrons. The zero-order valence-electron chi connectivity index (χ0n) is 28.8. The Morgan fingerprint density at radius 1 is 0.444 bits per heavy atom. The summed E-state index contributed by atoms with van der Waals surface area (Å²) in [6, 6.07) is 57.5. The average molecular weight is 689 g/mol. The van der Waals surface area contributed by atoms with Crippen LogP contribution in [0, 0.1) is 0 Å². The number of imidazole rings is 1. The standard InChI is InChI=1S/C48H28N6/c1-3-12-30(13-4-1)44-46(36-18-9-10-27-49-36)52-45-35-28-32(23-21-29(35)22-24-37(45)50-44)53-40-20-11-17-34-33-16-7-8-19-39(33)54-47-38(25-26-41(53)43(47)42(34)40)51-48(54)31-14-5-2-6-15-31/h1-28H. The van der Waals surface area contributed by atoms with E-state index >= 15 is 0 Å². The van der Waals surface area contributed by atoms with Gasteiger partial charge >= 0.3 is 0 Å². The van der Waals surface area contributed by atoms with Crippen LogP contribution in [0.1, 0.15) is 0 Å². The van der Waals surface area contributed by atoms with E-state index in [0.717, 1.165) is 89.1 Å². The maximum absolute atomic E-state index is 5.38. The molecule has 0 atom stereocenters. The topological polar surface area (TPSA) is 60.9 Å². The Kier molecular flexibility index (Phi) is 5.96. The van der Waals surface area contributed by atoms with Gasteiger partial charge in [-0.2, -0.15) is 0 Å². The summed E-state index contributed by atoms with van der Waals surface area (Å²) >= 11 is 0. The van der Waals surface area contributed by atoms with E-state index in [2.05, 4.69) is 136 Å². The third kappa shape index (κ3) is 4.05. The molecule has 0 amide bonds. The zero-order chi connectivity index (χ0) is 35.3. The van der Waals surface area contributed by atoms with Crippen molar-refractivity contribution in [3.05, 3.63) is 170 Å². The number of pyridine rings is 1. The maximum atomic E-state index is 5.38. The predicted octanol–water partition coefficient (Wildman–Crippen LogP) is 11.7. The predicted molar refractivity (Wildman–Crippen MR) is 220 cm³/mol. The van der Waals surface area contributed by atoms with Crippen molar-refractivity contribution in [2.45, 2.75) is 0 Å². The molecule has 12 rings (SSSR count). The van der Waals surface area contributed by atoms with Gasteiger partial charge < -0.3 is 4.57 Å². The van der Waals surface area contributed by atoms with Crippen LogP contribution in [0.25, 0.3) is 111 Å². The molecule has 0 unspecified atom stereocenters. The zero-order valence-corrected chi connectivity index (χ0v) is 28.8. The first kappa shape index (κ1) is 29.2. The first-order valence-electron chi connectivity index (χ1n) is 18.2. The van der Waals surface area contributed by atoms with Gasteiger partial charge in [-0.3, -0.25) is 9.38 Å². The van der Waals surface area contributed by atoms with Gasteiger partial charge in [-0.05, 0) is 65.4 Å². The summed E-state index contributed by atoms with van der Waals surface area (Å²) in [6.45, 7) is 0. The minimum absolute atomic E-state index is 0.763. The molecule has 54 heavy (non-hydrogen) atoms. The monoisotopic (exact) mass is 688 g/mol. The van der Waals surface area contributed by atoms with Crippen LogP contribution in [0.2, 0.25) is 0 Å². The van der Waals surface area contributed by atoms with Gasteiger partial charge in [0.1, 0.15) is 11.5 Å². The molecule has 0 aliphatic carbocycles. The molecule has 6 heteroatoms. The van der Waals surface area contributed by atoms with Crippen molar-refractivity contribution in [2.75, 3.05) is 0 Å². The van der Waals surface area contributed by atoms with Crippen molar-refractivity contribution < 1.29 is 0 Å². The largest absolute Gasteiger partial charge is 0.309 e. The molecule has 0 aliphatic rings. The highest BCUT2D eigenvalue weighted by molar-refractivity contribution is 6.30. The van der Waals surface area contributed by atoms with Crippen molar-refractivity contribution in [3.63, 3.8) is 0 Å². The number of aromatic nitrogens is 6. The number of hydrogen-bond donors (Lipinski definition) is 0. The number of rotatable bonds is 4. The maximum Gasteiger partial charge on any atom is 0.145 e. The lowest BCUT2D eigenvalue weighted by Crippen LogP contribution is -1.98. The summed E-state index contributed by atoms with van der Waals surface area (Å²) in [5, 5.41) is 6.97. The average Bonchev–Trinajstić information content (AvgIpc) is 3.76. The summed E-state index contributed by atoms with van der Waals surface area (Å²) in [6.07, 6.45) is 1.81. The molecule has 5 aromatic heterocycles. The number of hydrogen-bond acceptors (Lipinski definition) is 4. The summed E-state index contributed by atoms with van der Waals surface area (Å²) in [5.41, 5.74) is 12.7. The van der Waals surface area contributed by atoms with Crippen LogP contribution in [0.15, 0.2) is 170 Å². The molecule has 12 aromatic rings. The molecule has 0 aliphatic heterocycles. The molecule has 0 N–H and O–H groups in total. The SMILES string of the molecule is c1ccc(-c2nc3ccc4ccc(-n5c6cccc7c8ccccc8n8c(-c9ccccc9)nc9ccc5c(c76)c98)cc4c3nc2-c2ccccn2)cc1. The van der Waals surface area contributed by atoms with Gasteiger partial charge in [0.15, 0.2) is 0 Å². The Bertz CT molecular complexity index is 3420. The molecule has 0 radical (unpaired) electrons. The van der Waals surface area contributed by atoms with Gasteiger partial charge in [0, 0.05) is 44.6 Å². The fourth-order valence-electron chi connectivity index (χ4n) is 8.57. The quantitative estimate of drug-likeness (QED) is 0.173. The fourth-order valence-corrected chi connectivity index (χ4v) is 8.57. The lowest BCUT2D eigenvalue weighted by Gasteiger charge is -2.13. The summed E-state index contributed by atoms with van der Waals surface area (Å²) < 4.78 is 4.78. The van der Waals surface area contributed by atoms with Gasteiger partial charge in [-0.1, -0.05) is 109 Å². The van der Waals surface area contributed by atoms with Gasteiger partial charge in [-0.25, -0.2) is 15.0 Å². The highest BCUT2D eigenvalue weighted by Gasteiger charge is 2.24. The molecule has 0 spiro atoms. The van der Waals surface area contributed by atoms with E-state index in [1.54, 1.807) is 0 Å². The number of para-hydroxylation sites is 1. The number of nitrogens with zero attached hydrogens (tertiary/aromatic N) is 6. The van der Waals surface area contributed by atoms with E-state index in [0.29, 0.717) is 0 Å². The van der Waals surface area contributed by atoms with Gasteiger partial charge in [0.2, 0.25) is 0 Å². The van der Waals surface area contributed by atoms with Crippen molar-refractivity contribution >= 4 is 70.9 Å². The lowest BCUT2D eigenvalue weighted by molar-refractivity contribution is 1.19. The fraction of sp³-hybridized carbons (Fsp3) is 0. The van der Waals surface area contributed by atoms with E-state index in [-0.39, 0.29) is 0 Å². The highest BCUT2D eigenvalue weighted by atomic mass is 15.0. The molecular formula is C48H28N6. The first-order chi connectivity index (χ1) is 26.8. The molecule has 6 nitrogen and oxygen atoms in total. The first-order valence-corrected chi connectivity index (χ1v) is 18.2. The van der Waals surface area contributed by atoms with Crippen molar-refractivity contribution in [2.24, 2.45) is 0 Å². The Hall–Kier alpha value is -7.44. The lowest BCUT2D eigenvalue weighted by atomic mass is 10.0. The molecular weight excluding hydrogens is 661 g/mol. The van der Waals surface area contributed by atoms with Crippen molar-refractivity contribution in [3.8, 4) is 39.7 Å². The second-order valence-corrected chi connectivity index (χ2v) is 13.9. The van der Waals surface area contributed by atoms with Crippen molar-refractivity contribution in [1.29, 1.82) is 0 Å². The molecule has 0 saturated carbocycles. The normalized spacial score (nSPS) is 12.1. The second-order valence-electron chi connectivity index (χ2n) is 13.9. The van der Waals surface area contributed by atoms with E-state index in [1.165, 1.54) is 21.5 Å². The third-order valence-corrected chi connectivity index (χ3v) is 10.9. The Labute approximate surface area is 308 Å². The van der Waals surface area contributed by atoms with Gasteiger partial charge in [0.05, 0.1) is 50.0 Å². The van der Waals surface area contributed by atoms with E-state index in [1.807, 2.05) is 42.6 Å². The minimum Gasteiger partial charge on any atom is -0.309 e. The third-order valence-electron chi connectivity index (χ3n) is 10.9. The van der Waals surface area contributed by atoms with Crippen LogP contribution in [0.5, 0.6) is 0 Å². The Morgan fingerprint density at radius 2 is 1.17 bits per heavy atom. The van der Waals surface area contributed by atoms with Gasteiger partial charge in [-0.15, -0.1) is 0 Å². The summed E-state index contributed by atoms with van der Waals surface area (Å²) in [5.74, 6) is 0.939. The molecule has 5 heterocycles. The molecule has 0 fully saturated rings. The smallest absolute Gasteiger partial charge is 0.145 e. The molecule has 7 aromatic carbocycles. The molecule has 0 bridgehead atoms. The molecule has 0 saturated heterocycles. The number of fused-ring (bicyclic) bond motifs is 6. The highest BCUT2D eigenvalue weighted by Crippen LogP contribution is 2.44. The van der Waals surface area contributed by atoms with E-state index in [4.69, 9.17) is 19.9 Å². The Balaban J connectivity index is 1.19. The van der Waals surface area contributed by atoms with E-state index < -0.39 is 0 Å². The van der Waals surface area contributed by atoms with Crippen LogP contribution >= 0.6 is 0 Å². The summed E-state index contributed by atoms with van der Waals surface area (Å²) in [4.78, 5) is 20.6. The van der Waals surface area contributed by atoms with Crippen LogP contribution in [0.4, 0.5) is 0 Å². The van der Waals surface area contributed by atoms with Crippen molar-refractivity contribution in [1.82, 2.24) is 28.9 Å². The van der Waals surface area contributed by atoms with Gasteiger partial charge in [0.25, 0.3) is 0 Å². The number of benzene rings is 7. The van der Waals surface area contributed by atoms with Crippen LogP contribution < -0.4 is 0 Å².